The van der Waals surface area contributed by atoms with Gasteiger partial charge in [-0.15, -0.1) is 0 Å². The maximum atomic E-state index is 13.0. The van der Waals surface area contributed by atoms with Gasteiger partial charge in [-0.3, -0.25) is 0 Å². The Hall–Kier alpha value is -0.940. The van der Waals surface area contributed by atoms with E-state index < -0.39 is 24.9 Å². The molecule has 13 heavy (non-hydrogen) atoms. The van der Waals surface area contributed by atoms with Gasteiger partial charge in [0.05, 0.1) is 0 Å². The van der Waals surface area contributed by atoms with Crippen LogP contribution in [-0.2, 0) is 4.74 Å². The molecule has 0 spiro atoms. The predicted molar refractivity (Wildman–Crippen MR) is 38.5 cm³/mol. The van der Waals surface area contributed by atoms with E-state index in [2.05, 4.69) is 4.74 Å². The van der Waals surface area contributed by atoms with Crippen LogP contribution in [0.1, 0.15) is 26.2 Å². The maximum absolute atomic E-state index is 13.0. The molecule has 1 N–H and O–H groups in total. The Kier molecular flexibility index (Phi) is 4.58. The highest BCUT2D eigenvalue weighted by Crippen LogP contribution is 2.28. The molecule has 0 aliphatic rings. The molecular weight excluding hydrogens is 189 g/mol. The van der Waals surface area contributed by atoms with Crippen molar-refractivity contribution >= 4 is 6.16 Å². The van der Waals surface area contributed by atoms with E-state index >= 15 is 0 Å². The van der Waals surface area contributed by atoms with E-state index in [4.69, 9.17) is 5.11 Å². The molecule has 0 saturated heterocycles. The second-order valence-corrected chi connectivity index (χ2v) is 2.56. The number of ether oxygens (including phenoxy) is 1. The van der Waals surface area contributed by atoms with Gasteiger partial charge in [0, 0.05) is 6.42 Å². The zero-order valence-corrected chi connectivity index (χ0v) is 7.10. The van der Waals surface area contributed by atoms with E-state index in [0.717, 1.165) is 0 Å². The number of unbranched alkanes of at least 4 members (excludes halogenated alkanes) is 1. The standard InChI is InChI=1S/C7H11F3O3/c1-2-3-4-7(10,5(8)9)13-6(11)12/h5H,2-4H2,1H3,(H,11,12). The summed E-state index contributed by atoms with van der Waals surface area (Å²) in [6.07, 6.45) is -5.46. The normalized spacial score (nSPS) is 15.5. The molecule has 0 heterocycles. The van der Waals surface area contributed by atoms with Gasteiger partial charge in [-0.2, -0.15) is 4.39 Å². The minimum atomic E-state index is -3.45. The van der Waals surface area contributed by atoms with Gasteiger partial charge < -0.3 is 9.84 Å². The molecule has 0 fully saturated rings. The third-order valence-corrected chi connectivity index (χ3v) is 1.45. The molecule has 0 bridgehead atoms. The lowest BCUT2D eigenvalue weighted by Gasteiger charge is -2.22. The van der Waals surface area contributed by atoms with Crippen molar-refractivity contribution in [2.45, 2.75) is 38.5 Å². The second-order valence-electron chi connectivity index (χ2n) is 2.56. The Morgan fingerprint density at radius 2 is 2.15 bits per heavy atom. The summed E-state index contributed by atoms with van der Waals surface area (Å²) in [7, 11) is 0. The van der Waals surface area contributed by atoms with Crippen LogP contribution < -0.4 is 0 Å². The zero-order chi connectivity index (χ0) is 10.5. The third kappa shape index (κ3) is 4.00. The predicted octanol–water partition coefficient (Wildman–Crippen LogP) is 2.80. The fourth-order valence-electron chi connectivity index (χ4n) is 0.768. The van der Waals surface area contributed by atoms with Gasteiger partial charge in [-0.25, -0.2) is 13.6 Å². The maximum Gasteiger partial charge on any atom is 0.508 e. The van der Waals surface area contributed by atoms with Crippen LogP contribution in [0.15, 0.2) is 0 Å². The summed E-state index contributed by atoms with van der Waals surface area (Å²) in [4.78, 5) is 9.89. The highest BCUT2D eigenvalue weighted by atomic mass is 19.3. The number of rotatable bonds is 5. The molecule has 0 saturated carbocycles. The van der Waals surface area contributed by atoms with Crippen molar-refractivity contribution < 1.29 is 27.8 Å². The van der Waals surface area contributed by atoms with E-state index in [1.165, 1.54) is 0 Å². The van der Waals surface area contributed by atoms with Crippen molar-refractivity contribution in [1.82, 2.24) is 0 Å². The Morgan fingerprint density at radius 3 is 2.46 bits per heavy atom. The minimum absolute atomic E-state index is 0.147. The minimum Gasteiger partial charge on any atom is -0.450 e. The van der Waals surface area contributed by atoms with Gasteiger partial charge >= 0.3 is 18.4 Å². The Labute approximate surface area is 73.5 Å². The first-order chi connectivity index (χ1) is 5.92. The van der Waals surface area contributed by atoms with Crippen LogP contribution in [0.25, 0.3) is 0 Å². The molecule has 0 aliphatic carbocycles. The molecule has 0 aromatic heterocycles. The number of hydrogen-bond donors (Lipinski definition) is 1. The number of halogens is 3. The number of hydrogen-bond acceptors (Lipinski definition) is 2. The first-order valence-electron chi connectivity index (χ1n) is 3.81. The van der Waals surface area contributed by atoms with Gasteiger partial charge in [0.15, 0.2) is 0 Å². The summed E-state index contributed by atoms with van der Waals surface area (Å²) >= 11 is 0. The van der Waals surface area contributed by atoms with E-state index in [9.17, 15) is 18.0 Å². The SMILES string of the molecule is CCCCC(F)(OC(=O)O)C(F)F. The fraction of sp³-hybridized carbons (Fsp3) is 0.857. The van der Waals surface area contributed by atoms with Crippen molar-refractivity contribution in [3.05, 3.63) is 0 Å². The monoisotopic (exact) mass is 200 g/mol. The molecule has 3 nitrogen and oxygen atoms in total. The van der Waals surface area contributed by atoms with Crippen molar-refractivity contribution in [2.24, 2.45) is 0 Å². The van der Waals surface area contributed by atoms with Gasteiger partial charge in [-0.05, 0) is 6.42 Å². The topological polar surface area (TPSA) is 46.5 Å². The van der Waals surface area contributed by atoms with Crippen LogP contribution in [0.5, 0.6) is 0 Å². The third-order valence-electron chi connectivity index (χ3n) is 1.45. The quantitative estimate of drug-likeness (QED) is 0.694. The van der Waals surface area contributed by atoms with Crippen LogP contribution in [0, 0.1) is 0 Å². The summed E-state index contributed by atoms with van der Waals surface area (Å²) in [6, 6.07) is 0. The zero-order valence-electron chi connectivity index (χ0n) is 7.10. The van der Waals surface area contributed by atoms with E-state index in [1.807, 2.05) is 0 Å². The lowest BCUT2D eigenvalue weighted by Crippen LogP contribution is -2.37. The van der Waals surface area contributed by atoms with Crippen LogP contribution in [0.4, 0.5) is 18.0 Å². The van der Waals surface area contributed by atoms with Crippen LogP contribution >= 0.6 is 0 Å². The van der Waals surface area contributed by atoms with Gasteiger partial charge in [0.25, 0.3) is 0 Å². The van der Waals surface area contributed by atoms with E-state index in [1.54, 1.807) is 6.92 Å². The van der Waals surface area contributed by atoms with E-state index in [-0.39, 0.29) is 6.42 Å². The summed E-state index contributed by atoms with van der Waals surface area (Å²) < 4.78 is 40.5. The Balaban J connectivity index is 4.24. The lowest BCUT2D eigenvalue weighted by atomic mass is 10.1. The molecule has 78 valence electrons. The highest BCUT2D eigenvalue weighted by molar-refractivity contribution is 5.57. The van der Waals surface area contributed by atoms with E-state index in [0.29, 0.717) is 6.42 Å². The molecule has 0 aromatic carbocycles. The van der Waals surface area contributed by atoms with Crippen LogP contribution in [-0.4, -0.2) is 23.5 Å². The van der Waals surface area contributed by atoms with Gasteiger partial charge in [0.1, 0.15) is 0 Å². The smallest absolute Gasteiger partial charge is 0.450 e. The second kappa shape index (κ2) is 4.94. The molecule has 0 aromatic rings. The van der Waals surface area contributed by atoms with Crippen molar-refractivity contribution in [3.8, 4) is 0 Å². The van der Waals surface area contributed by atoms with Crippen molar-refractivity contribution in [3.63, 3.8) is 0 Å². The Bertz CT molecular complexity index is 174. The molecule has 0 amide bonds. The molecule has 1 unspecified atom stereocenters. The molecular formula is C7H11F3O3. The lowest BCUT2D eigenvalue weighted by molar-refractivity contribution is -0.199. The van der Waals surface area contributed by atoms with Gasteiger partial charge in [0.2, 0.25) is 0 Å². The summed E-state index contributed by atoms with van der Waals surface area (Å²) in [6.45, 7) is 1.67. The average molecular weight is 200 g/mol. The summed E-state index contributed by atoms with van der Waals surface area (Å²) in [5, 5.41) is 8.00. The summed E-state index contributed by atoms with van der Waals surface area (Å²) in [5.41, 5.74) is 0. The molecule has 0 radical (unpaired) electrons. The van der Waals surface area contributed by atoms with Crippen molar-refractivity contribution in [1.29, 1.82) is 0 Å². The number of carboxylic acid groups (broad SMARTS) is 1. The Morgan fingerprint density at radius 1 is 1.62 bits per heavy atom. The fourth-order valence-corrected chi connectivity index (χ4v) is 0.768. The first kappa shape index (κ1) is 12.1. The van der Waals surface area contributed by atoms with Gasteiger partial charge in [-0.1, -0.05) is 13.3 Å². The van der Waals surface area contributed by atoms with Crippen LogP contribution in [0.2, 0.25) is 0 Å². The number of carbonyl (C=O) groups is 1. The van der Waals surface area contributed by atoms with Crippen LogP contribution in [0.3, 0.4) is 0 Å². The molecule has 6 heteroatoms. The molecule has 1 atom stereocenters. The average Bonchev–Trinajstić information content (AvgIpc) is 1.99. The first-order valence-corrected chi connectivity index (χ1v) is 3.81. The molecule has 0 rings (SSSR count). The molecule has 0 aliphatic heterocycles. The van der Waals surface area contributed by atoms with Crippen molar-refractivity contribution in [2.75, 3.05) is 0 Å². The number of alkyl halides is 3. The largest absolute Gasteiger partial charge is 0.508 e. The summed E-state index contributed by atoms with van der Waals surface area (Å²) in [5.74, 6) is -3.36. The highest BCUT2D eigenvalue weighted by Gasteiger charge is 2.44.